The number of hydrogen-bond acceptors (Lipinski definition) is 5. The highest BCUT2D eigenvalue weighted by molar-refractivity contribution is 5.98. The zero-order valence-electron chi connectivity index (χ0n) is 22.5. The number of oxime groups is 1. The van der Waals surface area contributed by atoms with Gasteiger partial charge in [-0.15, -0.1) is 0 Å². The SMILES string of the molecule is C/C=C/COc1cc(C)c(OC(C)CCC(C)Oc2cccc(/C(C)=N\OC)c2)c(C)c1.CC. The van der Waals surface area contributed by atoms with Crippen molar-refractivity contribution >= 4 is 5.71 Å². The van der Waals surface area contributed by atoms with Crippen molar-refractivity contribution in [2.45, 2.75) is 80.4 Å². The first-order valence-corrected chi connectivity index (χ1v) is 12.2. The molecule has 2 atom stereocenters. The lowest BCUT2D eigenvalue weighted by molar-refractivity contribution is 0.159. The Labute approximate surface area is 206 Å². The topological polar surface area (TPSA) is 49.3 Å². The molecule has 0 aliphatic heterocycles. The molecule has 5 heteroatoms. The Balaban J connectivity index is 0.00000281. The van der Waals surface area contributed by atoms with E-state index >= 15 is 0 Å². The first kappa shape index (κ1) is 29.1. The van der Waals surface area contributed by atoms with Gasteiger partial charge in [-0.1, -0.05) is 43.3 Å². The Hall–Kier alpha value is -2.95. The molecule has 0 bridgehead atoms. The average Bonchev–Trinajstić information content (AvgIpc) is 2.82. The predicted octanol–water partition coefficient (Wildman–Crippen LogP) is 7.67. The molecule has 2 aromatic rings. The van der Waals surface area contributed by atoms with Gasteiger partial charge in [0.25, 0.3) is 0 Å². The number of ether oxygens (including phenoxy) is 3. The summed E-state index contributed by atoms with van der Waals surface area (Å²) in [5.41, 5.74) is 3.97. The molecule has 2 aromatic carbocycles. The monoisotopic (exact) mass is 469 g/mol. The van der Waals surface area contributed by atoms with E-state index in [2.05, 4.69) is 32.9 Å². The number of aryl methyl sites for hydroxylation is 2. The molecule has 0 aliphatic carbocycles. The second-order valence-corrected chi connectivity index (χ2v) is 8.09. The lowest BCUT2D eigenvalue weighted by Gasteiger charge is -2.21. The van der Waals surface area contributed by atoms with E-state index in [1.165, 1.54) is 0 Å². The van der Waals surface area contributed by atoms with E-state index in [-0.39, 0.29) is 12.2 Å². The van der Waals surface area contributed by atoms with Crippen LogP contribution in [-0.4, -0.2) is 31.6 Å². The quantitative estimate of drug-likeness (QED) is 0.182. The van der Waals surface area contributed by atoms with E-state index in [9.17, 15) is 0 Å². The van der Waals surface area contributed by atoms with Crippen LogP contribution in [0.5, 0.6) is 17.2 Å². The van der Waals surface area contributed by atoms with Gasteiger partial charge in [0.05, 0.1) is 17.9 Å². The minimum absolute atomic E-state index is 0.0700. The lowest BCUT2D eigenvalue weighted by atomic mass is 10.1. The van der Waals surface area contributed by atoms with Gasteiger partial charge in [0.1, 0.15) is 31.0 Å². The third kappa shape index (κ3) is 9.90. The van der Waals surface area contributed by atoms with Crippen LogP contribution in [0.4, 0.5) is 0 Å². The van der Waals surface area contributed by atoms with Crippen LogP contribution in [0.2, 0.25) is 0 Å². The normalized spacial score (nSPS) is 13.0. The second-order valence-electron chi connectivity index (χ2n) is 8.09. The molecule has 2 unspecified atom stereocenters. The maximum absolute atomic E-state index is 6.28. The first-order chi connectivity index (χ1) is 16.3. The Bertz CT molecular complexity index is 897. The van der Waals surface area contributed by atoms with E-state index < -0.39 is 0 Å². The smallest absolute Gasteiger partial charge is 0.125 e. The first-order valence-electron chi connectivity index (χ1n) is 12.2. The molecule has 0 fully saturated rings. The fourth-order valence-electron chi connectivity index (χ4n) is 3.43. The summed E-state index contributed by atoms with van der Waals surface area (Å²) in [5.74, 6) is 2.63. The molecule has 188 valence electrons. The van der Waals surface area contributed by atoms with Crippen LogP contribution in [-0.2, 0) is 4.84 Å². The molecular weight excluding hydrogens is 426 g/mol. The molecule has 0 saturated heterocycles. The lowest BCUT2D eigenvalue weighted by Crippen LogP contribution is -2.19. The summed E-state index contributed by atoms with van der Waals surface area (Å²) in [6.45, 7) is 16.8. The summed E-state index contributed by atoms with van der Waals surface area (Å²) < 4.78 is 18.2. The molecule has 0 aromatic heterocycles. The van der Waals surface area contributed by atoms with Crippen molar-refractivity contribution in [2.75, 3.05) is 13.7 Å². The number of allylic oxidation sites excluding steroid dienone is 1. The average molecular weight is 470 g/mol. The fourth-order valence-corrected chi connectivity index (χ4v) is 3.43. The standard InChI is InChI=1S/C27H37NO4.C2H6/c1-8-9-15-30-26-16-19(2)27(20(3)17-26)32-22(5)14-13-21(4)31-25-12-10-11-24(18-25)23(6)28-29-7;1-2/h8-12,16-18,21-22H,13-15H2,1-7H3;1-2H3/b9-8+,28-23-;. The van der Waals surface area contributed by atoms with E-state index in [1.807, 2.05) is 76.2 Å². The van der Waals surface area contributed by atoms with Gasteiger partial charge in [-0.3, -0.25) is 0 Å². The van der Waals surface area contributed by atoms with Crippen LogP contribution in [0.3, 0.4) is 0 Å². The third-order valence-corrected chi connectivity index (χ3v) is 5.13. The molecule has 0 spiro atoms. The highest BCUT2D eigenvalue weighted by Crippen LogP contribution is 2.30. The summed E-state index contributed by atoms with van der Waals surface area (Å²) in [7, 11) is 1.55. The molecule has 0 saturated carbocycles. The zero-order chi connectivity index (χ0) is 25.5. The highest BCUT2D eigenvalue weighted by Gasteiger charge is 2.14. The minimum Gasteiger partial charge on any atom is -0.491 e. The van der Waals surface area contributed by atoms with Crippen LogP contribution in [0.15, 0.2) is 53.7 Å². The van der Waals surface area contributed by atoms with E-state index in [1.54, 1.807) is 7.11 Å². The van der Waals surface area contributed by atoms with Crippen molar-refractivity contribution in [3.63, 3.8) is 0 Å². The number of benzene rings is 2. The summed E-state index contributed by atoms with van der Waals surface area (Å²) in [4.78, 5) is 4.86. The second kappa shape index (κ2) is 15.8. The molecule has 2 rings (SSSR count). The Morgan fingerprint density at radius 2 is 1.56 bits per heavy atom. The van der Waals surface area contributed by atoms with Crippen LogP contribution >= 0.6 is 0 Å². The van der Waals surface area contributed by atoms with E-state index in [0.29, 0.717) is 6.61 Å². The van der Waals surface area contributed by atoms with Crippen LogP contribution in [0.25, 0.3) is 0 Å². The summed E-state index contributed by atoms with van der Waals surface area (Å²) in [6, 6.07) is 12.0. The Kier molecular flexibility index (Phi) is 13.5. The van der Waals surface area contributed by atoms with Gasteiger partial charge in [0.2, 0.25) is 0 Å². The van der Waals surface area contributed by atoms with Crippen LogP contribution in [0, 0.1) is 13.8 Å². The molecule has 0 N–H and O–H groups in total. The largest absolute Gasteiger partial charge is 0.491 e. The molecule has 34 heavy (non-hydrogen) atoms. The number of rotatable bonds is 12. The summed E-state index contributed by atoms with van der Waals surface area (Å²) >= 11 is 0. The summed E-state index contributed by atoms with van der Waals surface area (Å²) in [6.07, 6.45) is 5.90. The Morgan fingerprint density at radius 3 is 2.15 bits per heavy atom. The molecule has 0 radical (unpaired) electrons. The number of nitrogens with zero attached hydrogens (tertiary/aromatic N) is 1. The molecule has 0 aliphatic rings. The van der Waals surface area contributed by atoms with Crippen molar-refractivity contribution in [2.24, 2.45) is 5.16 Å². The fraction of sp³-hybridized carbons (Fsp3) is 0.483. The van der Waals surface area contributed by atoms with Crippen molar-refractivity contribution < 1.29 is 19.0 Å². The van der Waals surface area contributed by atoms with E-state index in [0.717, 1.165) is 52.5 Å². The third-order valence-electron chi connectivity index (χ3n) is 5.13. The minimum atomic E-state index is 0.0700. The van der Waals surface area contributed by atoms with Gasteiger partial charge in [0, 0.05) is 5.56 Å². The molecule has 0 heterocycles. The van der Waals surface area contributed by atoms with Gasteiger partial charge in [-0.05, 0) is 89.8 Å². The van der Waals surface area contributed by atoms with Crippen LogP contribution in [0.1, 0.15) is 71.1 Å². The number of hydrogen-bond donors (Lipinski definition) is 0. The van der Waals surface area contributed by atoms with Gasteiger partial charge in [-0.25, -0.2) is 0 Å². The van der Waals surface area contributed by atoms with Crippen molar-refractivity contribution in [1.29, 1.82) is 0 Å². The maximum atomic E-state index is 6.28. The van der Waals surface area contributed by atoms with Crippen molar-refractivity contribution in [3.05, 3.63) is 65.2 Å². The van der Waals surface area contributed by atoms with Crippen molar-refractivity contribution in [1.82, 2.24) is 0 Å². The molecule has 0 amide bonds. The van der Waals surface area contributed by atoms with Gasteiger partial charge in [-0.2, -0.15) is 0 Å². The zero-order valence-corrected chi connectivity index (χ0v) is 22.5. The predicted molar refractivity (Wildman–Crippen MR) is 143 cm³/mol. The van der Waals surface area contributed by atoms with Crippen LogP contribution < -0.4 is 14.2 Å². The van der Waals surface area contributed by atoms with Gasteiger partial charge >= 0.3 is 0 Å². The molecule has 5 nitrogen and oxygen atoms in total. The summed E-state index contributed by atoms with van der Waals surface area (Å²) in [5, 5.41) is 3.99. The molecular formula is C29H43NO4. The maximum Gasteiger partial charge on any atom is 0.125 e. The van der Waals surface area contributed by atoms with Gasteiger partial charge in [0.15, 0.2) is 0 Å². The van der Waals surface area contributed by atoms with E-state index in [4.69, 9.17) is 19.0 Å². The van der Waals surface area contributed by atoms with Gasteiger partial charge < -0.3 is 19.0 Å². The highest BCUT2D eigenvalue weighted by atomic mass is 16.6. The van der Waals surface area contributed by atoms with Crippen molar-refractivity contribution in [3.8, 4) is 17.2 Å². The Morgan fingerprint density at radius 1 is 0.941 bits per heavy atom.